The van der Waals surface area contributed by atoms with Gasteiger partial charge in [0.05, 0.1) is 11.1 Å². The molecule has 0 radical (unpaired) electrons. The van der Waals surface area contributed by atoms with Gasteiger partial charge in [-0.05, 0) is 25.7 Å². The van der Waals surface area contributed by atoms with Crippen molar-refractivity contribution in [2.45, 2.75) is 25.7 Å². The summed E-state index contributed by atoms with van der Waals surface area (Å²) in [6.45, 7) is 0. The van der Waals surface area contributed by atoms with Crippen LogP contribution in [-0.4, -0.2) is 23.1 Å². The van der Waals surface area contributed by atoms with E-state index in [0.717, 1.165) is 11.1 Å². The van der Waals surface area contributed by atoms with E-state index in [9.17, 15) is 19.2 Å². The van der Waals surface area contributed by atoms with Crippen molar-refractivity contribution >= 4 is 23.1 Å². The zero-order valence-electron chi connectivity index (χ0n) is 15.1. The van der Waals surface area contributed by atoms with Crippen molar-refractivity contribution in [3.05, 3.63) is 93.1 Å². The molecule has 0 atom stereocenters. The topological polar surface area (TPSA) is 68.3 Å². The van der Waals surface area contributed by atoms with Gasteiger partial charge >= 0.3 is 0 Å². The summed E-state index contributed by atoms with van der Waals surface area (Å²) in [5, 5.41) is 0. The maximum atomic E-state index is 12.7. The van der Waals surface area contributed by atoms with Crippen LogP contribution in [0.4, 0.5) is 0 Å². The first-order valence-corrected chi connectivity index (χ1v) is 9.39. The minimum atomic E-state index is -0.202. The third kappa shape index (κ3) is 2.24. The van der Waals surface area contributed by atoms with Gasteiger partial charge in [-0.2, -0.15) is 0 Å². The molecule has 0 heterocycles. The molecule has 1 saturated carbocycles. The Bertz CT molecular complexity index is 997. The minimum Gasteiger partial charge on any atom is -0.288 e. The van der Waals surface area contributed by atoms with Crippen molar-refractivity contribution in [3.63, 3.8) is 0 Å². The lowest BCUT2D eigenvalue weighted by Gasteiger charge is -2.20. The van der Waals surface area contributed by atoms with E-state index in [0.29, 0.717) is 47.9 Å². The molecule has 2 aromatic rings. The minimum absolute atomic E-state index is 0.202. The van der Waals surface area contributed by atoms with Crippen LogP contribution in [0.3, 0.4) is 0 Å². The predicted molar refractivity (Wildman–Crippen MR) is 103 cm³/mol. The van der Waals surface area contributed by atoms with Gasteiger partial charge < -0.3 is 0 Å². The number of carbonyl (C=O) groups is 4. The van der Waals surface area contributed by atoms with E-state index in [2.05, 4.69) is 0 Å². The molecule has 0 bridgehead atoms. The van der Waals surface area contributed by atoms with E-state index >= 15 is 0 Å². The second kappa shape index (κ2) is 6.06. The highest BCUT2D eigenvalue weighted by Crippen LogP contribution is 2.39. The Morgan fingerprint density at radius 1 is 0.429 bits per heavy atom. The third-order valence-corrected chi connectivity index (χ3v) is 5.91. The van der Waals surface area contributed by atoms with Crippen molar-refractivity contribution in [3.8, 4) is 0 Å². The van der Waals surface area contributed by atoms with Gasteiger partial charge in [0.2, 0.25) is 0 Å². The second-order valence-electron chi connectivity index (χ2n) is 7.36. The van der Waals surface area contributed by atoms with Gasteiger partial charge in [-0.3, -0.25) is 19.2 Å². The first-order valence-electron chi connectivity index (χ1n) is 9.39. The van der Waals surface area contributed by atoms with Crippen molar-refractivity contribution < 1.29 is 19.2 Å². The standard InChI is InChI=1S/C24H16O4/c25-21-15-5-1-2-6-16(15)22(26)19(21)13-9-11-14(12-10-13)20-23(27)17-7-3-4-8-18(17)24(20)28/h1-8H,9-12H2. The number of hydrogen-bond donors (Lipinski definition) is 0. The van der Waals surface area contributed by atoms with Crippen LogP contribution in [0.2, 0.25) is 0 Å². The first kappa shape index (κ1) is 16.8. The van der Waals surface area contributed by atoms with Crippen LogP contribution >= 0.6 is 0 Å². The predicted octanol–water partition coefficient (Wildman–Crippen LogP) is 4.31. The van der Waals surface area contributed by atoms with Gasteiger partial charge in [0.1, 0.15) is 0 Å². The van der Waals surface area contributed by atoms with Gasteiger partial charge in [-0.25, -0.2) is 0 Å². The fraction of sp³-hybridized carbons (Fsp3) is 0.167. The van der Waals surface area contributed by atoms with Crippen LogP contribution in [-0.2, 0) is 0 Å². The maximum absolute atomic E-state index is 12.7. The Morgan fingerprint density at radius 2 is 0.679 bits per heavy atom. The molecule has 0 aliphatic heterocycles. The molecule has 3 aliphatic rings. The van der Waals surface area contributed by atoms with E-state index in [1.54, 1.807) is 48.5 Å². The molecule has 0 aromatic heterocycles. The first-order chi connectivity index (χ1) is 13.6. The SMILES string of the molecule is O=C1C(=C2CCC(=C3C(=O)c4ccccc4C3=O)CC2)C(=O)c2ccccc21. The lowest BCUT2D eigenvalue weighted by molar-refractivity contribution is 0.0968. The fourth-order valence-electron chi connectivity index (χ4n) is 4.50. The van der Waals surface area contributed by atoms with Gasteiger partial charge in [0, 0.05) is 22.3 Å². The molecule has 0 amide bonds. The molecule has 5 rings (SSSR count). The van der Waals surface area contributed by atoms with E-state index in [-0.39, 0.29) is 34.3 Å². The molecule has 4 nitrogen and oxygen atoms in total. The average Bonchev–Trinajstić information content (AvgIpc) is 3.14. The number of benzene rings is 2. The quantitative estimate of drug-likeness (QED) is 0.513. The van der Waals surface area contributed by atoms with E-state index in [4.69, 9.17) is 0 Å². The number of rotatable bonds is 0. The molecule has 2 aromatic carbocycles. The van der Waals surface area contributed by atoms with Crippen molar-refractivity contribution in [1.82, 2.24) is 0 Å². The van der Waals surface area contributed by atoms with Crippen LogP contribution in [0.25, 0.3) is 0 Å². The maximum Gasteiger partial charge on any atom is 0.197 e. The average molecular weight is 368 g/mol. The molecular weight excluding hydrogens is 352 g/mol. The number of ketones is 4. The fourth-order valence-corrected chi connectivity index (χ4v) is 4.50. The Kier molecular flexibility index (Phi) is 3.63. The van der Waals surface area contributed by atoms with Crippen molar-refractivity contribution in [2.75, 3.05) is 0 Å². The zero-order chi connectivity index (χ0) is 19.4. The highest BCUT2D eigenvalue weighted by atomic mass is 16.2. The Morgan fingerprint density at radius 3 is 0.929 bits per heavy atom. The van der Waals surface area contributed by atoms with Crippen LogP contribution in [0.1, 0.15) is 67.1 Å². The largest absolute Gasteiger partial charge is 0.288 e. The molecule has 136 valence electrons. The van der Waals surface area contributed by atoms with E-state index in [1.165, 1.54) is 0 Å². The molecule has 0 saturated heterocycles. The molecule has 0 unspecified atom stereocenters. The number of fused-ring (bicyclic) bond motifs is 2. The summed E-state index contributed by atoms with van der Waals surface area (Å²) in [6.07, 6.45) is 2.10. The lowest BCUT2D eigenvalue weighted by Crippen LogP contribution is -2.13. The third-order valence-electron chi connectivity index (χ3n) is 5.91. The van der Waals surface area contributed by atoms with Crippen LogP contribution in [0.5, 0.6) is 0 Å². The second-order valence-corrected chi connectivity index (χ2v) is 7.36. The molecular formula is C24H16O4. The highest BCUT2D eigenvalue weighted by molar-refractivity contribution is 6.40. The molecule has 0 N–H and O–H groups in total. The summed E-state index contributed by atoms with van der Waals surface area (Å²) in [5.41, 5.74) is 4.13. The molecule has 3 aliphatic carbocycles. The van der Waals surface area contributed by atoms with Gasteiger partial charge in [0.15, 0.2) is 23.1 Å². The van der Waals surface area contributed by atoms with Crippen LogP contribution in [0.15, 0.2) is 70.8 Å². The zero-order valence-corrected chi connectivity index (χ0v) is 15.1. The monoisotopic (exact) mass is 368 g/mol. The summed E-state index contributed by atoms with van der Waals surface area (Å²) >= 11 is 0. The Labute approximate surface area is 161 Å². The smallest absolute Gasteiger partial charge is 0.197 e. The Hall–Kier alpha value is -3.40. The molecule has 4 heteroatoms. The highest BCUT2D eigenvalue weighted by Gasteiger charge is 2.38. The van der Waals surface area contributed by atoms with Gasteiger partial charge in [-0.15, -0.1) is 0 Å². The number of carbonyl (C=O) groups excluding carboxylic acids is 4. The number of Topliss-reactive ketones (excluding diaryl/α,β-unsaturated/α-hetero) is 4. The normalized spacial score (nSPS) is 18.9. The van der Waals surface area contributed by atoms with Gasteiger partial charge in [-0.1, -0.05) is 59.7 Å². The molecule has 0 spiro atoms. The molecule has 28 heavy (non-hydrogen) atoms. The van der Waals surface area contributed by atoms with Crippen molar-refractivity contribution in [1.29, 1.82) is 0 Å². The van der Waals surface area contributed by atoms with E-state index < -0.39 is 0 Å². The summed E-state index contributed by atoms with van der Waals surface area (Å²) in [7, 11) is 0. The number of hydrogen-bond acceptors (Lipinski definition) is 4. The summed E-state index contributed by atoms with van der Waals surface area (Å²) in [4.78, 5) is 50.8. The van der Waals surface area contributed by atoms with Gasteiger partial charge in [0.25, 0.3) is 0 Å². The summed E-state index contributed by atoms with van der Waals surface area (Å²) in [6, 6.07) is 13.8. The van der Waals surface area contributed by atoms with Crippen LogP contribution in [0, 0.1) is 0 Å². The van der Waals surface area contributed by atoms with Crippen LogP contribution < -0.4 is 0 Å². The van der Waals surface area contributed by atoms with Crippen molar-refractivity contribution in [2.24, 2.45) is 0 Å². The summed E-state index contributed by atoms with van der Waals surface area (Å²) in [5.74, 6) is -0.807. The lowest BCUT2D eigenvalue weighted by atomic mass is 9.83. The molecule has 1 fully saturated rings. The summed E-state index contributed by atoms with van der Waals surface area (Å²) < 4.78 is 0. The van der Waals surface area contributed by atoms with E-state index in [1.807, 2.05) is 0 Å². The number of allylic oxidation sites excluding steroid dienone is 4. The Balaban J connectivity index is 1.47.